The normalized spacial score (nSPS) is 12.2. The Balaban J connectivity index is 2.94. The first kappa shape index (κ1) is 16.6. The van der Waals surface area contributed by atoms with E-state index < -0.39 is 10.0 Å². The van der Waals surface area contributed by atoms with Gasteiger partial charge < -0.3 is 10.1 Å². The van der Waals surface area contributed by atoms with Gasteiger partial charge in [-0.3, -0.25) is 0 Å². The lowest BCUT2D eigenvalue weighted by atomic mass is 10.4. The van der Waals surface area contributed by atoms with E-state index in [1.807, 2.05) is 19.2 Å². The third kappa shape index (κ3) is 4.25. The van der Waals surface area contributed by atoms with Gasteiger partial charge in [0, 0.05) is 31.6 Å². The monoisotopic (exact) mass is 306 g/mol. The summed E-state index contributed by atoms with van der Waals surface area (Å²) >= 11 is 1.47. The number of sulfonamides is 1. The van der Waals surface area contributed by atoms with E-state index in [9.17, 15) is 8.42 Å². The average molecular weight is 306 g/mol. The van der Waals surface area contributed by atoms with Crippen LogP contribution in [0.25, 0.3) is 0 Å². The fraction of sp³-hybridized carbons (Fsp3) is 0.667. The van der Waals surface area contributed by atoms with Crippen molar-refractivity contribution in [3.63, 3.8) is 0 Å². The minimum Gasteiger partial charge on any atom is -0.383 e. The molecule has 0 atom stereocenters. The lowest BCUT2D eigenvalue weighted by molar-refractivity contribution is 0.180. The minimum absolute atomic E-state index is 0.381. The van der Waals surface area contributed by atoms with Crippen LogP contribution in [-0.2, 0) is 21.3 Å². The lowest BCUT2D eigenvalue weighted by Gasteiger charge is -2.20. The van der Waals surface area contributed by atoms with Crippen LogP contribution in [0.15, 0.2) is 16.3 Å². The summed E-state index contributed by atoms with van der Waals surface area (Å²) in [5.74, 6) is 0. The molecule has 0 aliphatic heterocycles. The van der Waals surface area contributed by atoms with E-state index in [2.05, 4.69) is 5.32 Å². The Morgan fingerprint density at radius 1 is 1.42 bits per heavy atom. The van der Waals surface area contributed by atoms with Gasteiger partial charge in [-0.2, -0.15) is 4.31 Å². The van der Waals surface area contributed by atoms with Gasteiger partial charge in [-0.1, -0.05) is 13.8 Å². The van der Waals surface area contributed by atoms with Crippen molar-refractivity contribution in [3.8, 4) is 0 Å². The molecule has 0 unspecified atom stereocenters. The van der Waals surface area contributed by atoms with Gasteiger partial charge >= 0.3 is 0 Å². The first-order chi connectivity index (χ1) is 9.07. The Bertz CT molecular complexity index is 471. The molecule has 0 fully saturated rings. The molecule has 0 amide bonds. The van der Waals surface area contributed by atoms with E-state index in [4.69, 9.17) is 4.74 Å². The SMILES string of the molecule is CCNCc1sccc1S(=O)(=O)N(CC)CCOC. The van der Waals surface area contributed by atoms with Gasteiger partial charge in [0.2, 0.25) is 10.0 Å². The van der Waals surface area contributed by atoms with E-state index in [1.54, 1.807) is 13.2 Å². The molecular weight excluding hydrogens is 284 g/mol. The highest BCUT2D eigenvalue weighted by atomic mass is 32.2. The van der Waals surface area contributed by atoms with Crippen molar-refractivity contribution >= 4 is 21.4 Å². The third-order valence-electron chi connectivity index (χ3n) is 2.76. The van der Waals surface area contributed by atoms with Crippen LogP contribution < -0.4 is 5.32 Å². The molecule has 0 aliphatic carbocycles. The maximum Gasteiger partial charge on any atom is 0.244 e. The van der Waals surface area contributed by atoms with Crippen molar-refractivity contribution in [1.82, 2.24) is 9.62 Å². The highest BCUT2D eigenvalue weighted by Gasteiger charge is 2.26. The summed E-state index contributed by atoms with van der Waals surface area (Å²) < 4.78 is 31.5. The number of ether oxygens (including phenoxy) is 1. The van der Waals surface area contributed by atoms with Crippen molar-refractivity contribution in [2.75, 3.05) is 33.4 Å². The molecule has 0 aromatic carbocycles. The number of thiophene rings is 1. The fourth-order valence-electron chi connectivity index (χ4n) is 1.71. The van der Waals surface area contributed by atoms with E-state index in [0.29, 0.717) is 31.1 Å². The maximum atomic E-state index is 12.6. The van der Waals surface area contributed by atoms with Gasteiger partial charge in [0.05, 0.1) is 11.5 Å². The second kappa shape index (κ2) is 7.96. The minimum atomic E-state index is -3.42. The van der Waals surface area contributed by atoms with Crippen molar-refractivity contribution in [2.24, 2.45) is 0 Å². The van der Waals surface area contributed by atoms with Crippen LogP contribution in [0.1, 0.15) is 18.7 Å². The standard InChI is InChI=1S/C12H22N2O3S2/c1-4-13-10-11-12(6-9-18-11)19(15,16)14(5-2)7-8-17-3/h6,9,13H,4-5,7-8,10H2,1-3H3. The zero-order valence-electron chi connectivity index (χ0n) is 11.7. The zero-order chi connectivity index (χ0) is 14.3. The number of hydrogen-bond donors (Lipinski definition) is 1. The molecule has 1 rings (SSSR count). The molecule has 0 spiro atoms. The fourth-order valence-corrected chi connectivity index (χ4v) is 4.52. The van der Waals surface area contributed by atoms with Crippen molar-refractivity contribution in [3.05, 3.63) is 16.3 Å². The van der Waals surface area contributed by atoms with Crippen LogP contribution >= 0.6 is 11.3 Å². The number of rotatable bonds is 9. The second-order valence-corrected chi connectivity index (χ2v) is 6.88. The Labute approximate surface area is 119 Å². The van der Waals surface area contributed by atoms with E-state index in [0.717, 1.165) is 11.4 Å². The maximum absolute atomic E-state index is 12.6. The summed E-state index contributed by atoms with van der Waals surface area (Å²) in [6, 6.07) is 1.68. The van der Waals surface area contributed by atoms with Crippen LogP contribution in [0.3, 0.4) is 0 Å². The summed E-state index contributed by atoms with van der Waals surface area (Å²) in [6.07, 6.45) is 0. The first-order valence-electron chi connectivity index (χ1n) is 6.34. The second-order valence-electron chi connectivity index (χ2n) is 3.98. The highest BCUT2D eigenvalue weighted by Crippen LogP contribution is 2.25. The van der Waals surface area contributed by atoms with E-state index >= 15 is 0 Å². The van der Waals surface area contributed by atoms with Gasteiger partial charge in [0.25, 0.3) is 0 Å². The van der Waals surface area contributed by atoms with Gasteiger partial charge in [-0.15, -0.1) is 11.3 Å². The Morgan fingerprint density at radius 2 is 2.16 bits per heavy atom. The smallest absolute Gasteiger partial charge is 0.244 e. The summed E-state index contributed by atoms with van der Waals surface area (Å²) in [5, 5.41) is 4.99. The molecule has 1 aromatic heterocycles. The molecule has 1 N–H and O–H groups in total. The van der Waals surface area contributed by atoms with E-state index in [1.165, 1.54) is 15.6 Å². The number of hydrogen-bond acceptors (Lipinski definition) is 5. The molecule has 19 heavy (non-hydrogen) atoms. The molecule has 7 heteroatoms. The molecule has 0 saturated heterocycles. The van der Waals surface area contributed by atoms with Crippen molar-refractivity contribution in [1.29, 1.82) is 0 Å². The predicted octanol–water partition coefficient (Wildman–Crippen LogP) is 1.51. The van der Waals surface area contributed by atoms with Gasteiger partial charge in [-0.05, 0) is 18.0 Å². The van der Waals surface area contributed by atoms with Crippen molar-refractivity contribution in [2.45, 2.75) is 25.3 Å². The first-order valence-corrected chi connectivity index (χ1v) is 8.66. The van der Waals surface area contributed by atoms with Crippen LogP contribution in [-0.4, -0.2) is 46.1 Å². The van der Waals surface area contributed by atoms with Gasteiger partial charge in [0.1, 0.15) is 0 Å². The molecule has 0 aliphatic rings. The number of nitrogens with one attached hydrogen (secondary N) is 1. The quantitative estimate of drug-likeness (QED) is 0.751. The van der Waals surface area contributed by atoms with Gasteiger partial charge in [0.15, 0.2) is 0 Å². The molecule has 0 radical (unpaired) electrons. The number of likely N-dealkylation sites (N-methyl/N-ethyl adjacent to an activating group) is 1. The van der Waals surface area contributed by atoms with Crippen LogP contribution in [0.4, 0.5) is 0 Å². The number of nitrogens with zero attached hydrogens (tertiary/aromatic N) is 1. The third-order valence-corrected chi connectivity index (χ3v) is 5.86. The molecule has 0 bridgehead atoms. The topological polar surface area (TPSA) is 58.6 Å². The molecule has 0 saturated carbocycles. The molecule has 1 heterocycles. The van der Waals surface area contributed by atoms with Crippen LogP contribution in [0.5, 0.6) is 0 Å². The Hall–Kier alpha value is -0.470. The largest absolute Gasteiger partial charge is 0.383 e. The van der Waals surface area contributed by atoms with Gasteiger partial charge in [-0.25, -0.2) is 8.42 Å². The summed E-state index contributed by atoms with van der Waals surface area (Å²) in [7, 11) is -1.85. The highest BCUT2D eigenvalue weighted by molar-refractivity contribution is 7.89. The molecular formula is C12H22N2O3S2. The number of methoxy groups -OCH3 is 1. The van der Waals surface area contributed by atoms with Crippen LogP contribution in [0.2, 0.25) is 0 Å². The van der Waals surface area contributed by atoms with E-state index in [-0.39, 0.29) is 0 Å². The Kier molecular flexibility index (Phi) is 6.95. The summed E-state index contributed by atoms with van der Waals surface area (Å²) in [6.45, 7) is 6.47. The van der Waals surface area contributed by atoms with Crippen LogP contribution in [0, 0.1) is 0 Å². The molecule has 5 nitrogen and oxygen atoms in total. The molecule has 1 aromatic rings. The Morgan fingerprint density at radius 3 is 2.74 bits per heavy atom. The molecule has 110 valence electrons. The summed E-state index contributed by atoms with van der Waals surface area (Å²) in [4.78, 5) is 1.27. The average Bonchev–Trinajstić information content (AvgIpc) is 2.86. The predicted molar refractivity (Wildman–Crippen MR) is 78.0 cm³/mol. The summed E-state index contributed by atoms with van der Waals surface area (Å²) in [5.41, 5.74) is 0. The lowest BCUT2D eigenvalue weighted by Crippen LogP contribution is -2.34. The zero-order valence-corrected chi connectivity index (χ0v) is 13.3. The van der Waals surface area contributed by atoms with Crippen molar-refractivity contribution < 1.29 is 13.2 Å².